The Bertz CT molecular complexity index is 795. The summed E-state index contributed by atoms with van der Waals surface area (Å²) in [4.78, 5) is 0. The Morgan fingerprint density at radius 1 is 1.12 bits per heavy atom. The molecule has 0 bridgehead atoms. The van der Waals surface area contributed by atoms with Gasteiger partial charge in [0, 0.05) is 11.9 Å². The summed E-state index contributed by atoms with van der Waals surface area (Å²) >= 11 is 0. The van der Waals surface area contributed by atoms with Crippen LogP contribution < -0.4 is 10.1 Å². The third-order valence-electron chi connectivity index (χ3n) is 4.36. The third-order valence-corrected chi connectivity index (χ3v) is 4.36. The summed E-state index contributed by atoms with van der Waals surface area (Å²) in [7, 11) is 1.66. The predicted octanol–water partition coefficient (Wildman–Crippen LogP) is 4.09. The van der Waals surface area contributed by atoms with Crippen molar-refractivity contribution in [2.75, 3.05) is 13.7 Å². The Hall–Kier alpha value is -2.30. The second-order valence-corrected chi connectivity index (χ2v) is 6.44. The minimum absolute atomic E-state index is 0.269. The van der Waals surface area contributed by atoms with E-state index in [0.717, 1.165) is 35.4 Å². The number of fused-ring (bicyclic) bond motifs is 1. The molecule has 1 aromatic heterocycles. The molecule has 2 aromatic carbocycles. The van der Waals surface area contributed by atoms with Crippen molar-refractivity contribution in [3.63, 3.8) is 0 Å². The van der Waals surface area contributed by atoms with Crippen LogP contribution in [-0.2, 0) is 6.54 Å². The molecule has 0 spiro atoms. The molecule has 0 saturated carbocycles. The van der Waals surface area contributed by atoms with Gasteiger partial charge in [-0.15, -0.1) is 0 Å². The summed E-state index contributed by atoms with van der Waals surface area (Å²) in [5, 5.41) is 14.3. The first-order valence-corrected chi connectivity index (χ1v) is 8.66. The van der Waals surface area contributed by atoms with Gasteiger partial charge in [0.2, 0.25) is 0 Å². The van der Waals surface area contributed by atoms with Crippen molar-refractivity contribution in [2.45, 2.75) is 31.9 Å². The first-order valence-electron chi connectivity index (χ1n) is 8.66. The Labute approximate surface area is 148 Å². The predicted molar refractivity (Wildman–Crippen MR) is 100.0 cm³/mol. The molecule has 0 amide bonds. The Morgan fingerprint density at radius 2 is 1.92 bits per heavy atom. The van der Waals surface area contributed by atoms with Crippen LogP contribution in [0.4, 0.5) is 0 Å². The SMILES string of the molecule is COc1ccc2oc(CNCC(CC(C)O)c3ccccc3)cc2c1. The molecule has 2 unspecified atom stereocenters. The lowest BCUT2D eigenvalue weighted by molar-refractivity contribution is 0.173. The van der Waals surface area contributed by atoms with E-state index in [4.69, 9.17) is 9.15 Å². The smallest absolute Gasteiger partial charge is 0.134 e. The van der Waals surface area contributed by atoms with E-state index in [1.54, 1.807) is 7.11 Å². The number of rotatable bonds is 8. The number of ether oxygens (including phenoxy) is 1. The van der Waals surface area contributed by atoms with Crippen molar-refractivity contribution in [3.05, 3.63) is 65.9 Å². The van der Waals surface area contributed by atoms with Gasteiger partial charge in [-0.1, -0.05) is 30.3 Å². The Kier molecular flexibility index (Phi) is 5.74. The molecular formula is C21H25NO3. The molecule has 2 atom stereocenters. The lowest BCUT2D eigenvalue weighted by atomic mass is 9.93. The number of aliphatic hydroxyl groups excluding tert-OH is 1. The molecule has 2 N–H and O–H groups in total. The molecule has 4 nitrogen and oxygen atoms in total. The zero-order valence-corrected chi connectivity index (χ0v) is 14.7. The first-order chi connectivity index (χ1) is 12.2. The largest absolute Gasteiger partial charge is 0.497 e. The van der Waals surface area contributed by atoms with E-state index in [0.29, 0.717) is 6.54 Å². The second kappa shape index (κ2) is 8.19. The molecule has 25 heavy (non-hydrogen) atoms. The molecule has 0 fully saturated rings. The minimum atomic E-state index is -0.328. The topological polar surface area (TPSA) is 54.6 Å². The van der Waals surface area contributed by atoms with Gasteiger partial charge in [0.05, 0.1) is 19.8 Å². The van der Waals surface area contributed by atoms with Crippen LogP contribution in [0.15, 0.2) is 59.0 Å². The van der Waals surface area contributed by atoms with Gasteiger partial charge in [-0.25, -0.2) is 0 Å². The zero-order chi connectivity index (χ0) is 17.6. The monoisotopic (exact) mass is 339 g/mol. The van der Waals surface area contributed by atoms with Crippen molar-refractivity contribution < 1.29 is 14.3 Å². The van der Waals surface area contributed by atoms with Crippen LogP contribution in [0.1, 0.15) is 30.6 Å². The Balaban J connectivity index is 1.63. The summed E-state index contributed by atoms with van der Waals surface area (Å²) in [6, 6.07) is 18.2. The number of nitrogens with one attached hydrogen (secondary N) is 1. The van der Waals surface area contributed by atoms with Gasteiger partial charge in [0.25, 0.3) is 0 Å². The Morgan fingerprint density at radius 3 is 2.64 bits per heavy atom. The summed E-state index contributed by atoms with van der Waals surface area (Å²) in [5.41, 5.74) is 2.10. The van der Waals surface area contributed by atoms with E-state index in [1.807, 2.05) is 49.4 Å². The fourth-order valence-corrected chi connectivity index (χ4v) is 3.13. The number of hydrogen-bond donors (Lipinski definition) is 2. The van der Waals surface area contributed by atoms with Gasteiger partial charge in [0.1, 0.15) is 17.1 Å². The number of hydrogen-bond acceptors (Lipinski definition) is 4. The summed E-state index contributed by atoms with van der Waals surface area (Å²) in [6.07, 6.45) is 0.402. The number of furan rings is 1. The second-order valence-electron chi connectivity index (χ2n) is 6.44. The molecule has 1 heterocycles. The number of methoxy groups -OCH3 is 1. The van der Waals surface area contributed by atoms with Crippen LogP contribution >= 0.6 is 0 Å². The minimum Gasteiger partial charge on any atom is -0.497 e. The molecule has 0 saturated heterocycles. The van der Waals surface area contributed by atoms with Crippen molar-refractivity contribution in [2.24, 2.45) is 0 Å². The van der Waals surface area contributed by atoms with E-state index < -0.39 is 0 Å². The van der Waals surface area contributed by atoms with E-state index >= 15 is 0 Å². The molecule has 0 aliphatic rings. The maximum atomic E-state index is 9.79. The highest BCUT2D eigenvalue weighted by Gasteiger charge is 2.14. The molecule has 3 aromatic rings. The fraction of sp³-hybridized carbons (Fsp3) is 0.333. The summed E-state index contributed by atoms with van der Waals surface area (Å²) < 4.78 is 11.1. The number of aliphatic hydroxyl groups is 1. The van der Waals surface area contributed by atoms with Crippen LogP contribution in [0.5, 0.6) is 5.75 Å². The average molecular weight is 339 g/mol. The molecule has 4 heteroatoms. The third kappa shape index (κ3) is 4.62. The van der Waals surface area contributed by atoms with Gasteiger partial charge in [-0.3, -0.25) is 0 Å². The molecular weight excluding hydrogens is 314 g/mol. The maximum absolute atomic E-state index is 9.79. The van der Waals surface area contributed by atoms with Crippen LogP contribution in [0.3, 0.4) is 0 Å². The van der Waals surface area contributed by atoms with Crippen molar-refractivity contribution in [3.8, 4) is 5.75 Å². The average Bonchev–Trinajstić information content (AvgIpc) is 3.03. The first kappa shape index (κ1) is 17.5. The standard InChI is InChI=1S/C21H25NO3/c1-15(23)10-18(16-6-4-3-5-7-16)13-22-14-20-12-17-11-19(24-2)8-9-21(17)25-20/h3-9,11-12,15,18,22-23H,10,13-14H2,1-2H3. The van der Waals surface area contributed by atoms with Crippen LogP contribution in [0.2, 0.25) is 0 Å². The zero-order valence-electron chi connectivity index (χ0n) is 14.7. The van der Waals surface area contributed by atoms with Gasteiger partial charge >= 0.3 is 0 Å². The summed E-state index contributed by atoms with van der Waals surface area (Å²) in [5.74, 6) is 1.99. The van der Waals surface area contributed by atoms with Gasteiger partial charge < -0.3 is 19.6 Å². The van der Waals surface area contributed by atoms with Crippen molar-refractivity contribution in [1.82, 2.24) is 5.32 Å². The van der Waals surface area contributed by atoms with Crippen molar-refractivity contribution >= 4 is 11.0 Å². The highest BCUT2D eigenvalue weighted by Crippen LogP contribution is 2.25. The van der Waals surface area contributed by atoms with Gasteiger partial charge in [-0.05, 0) is 49.1 Å². The molecule has 3 rings (SSSR count). The highest BCUT2D eigenvalue weighted by molar-refractivity contribution is 5.79. The van der Waals surface area contributed by atoms with Crippen LogP contribution in [0.25, 0.3) is 11.0 Å². The fourth-order valence-electron chi connectivity index (χ4n) is 3.13. The van der Waals surface area contributed by atoms with E-state index in [-0.39, 0.29) is 12.0 Å². The molecule has 0 radical (unpaired) electrons. The molecule has 132 valence electrons. The maximum Gasteiger partial charge on any atom is 0.134 e. The molecule has 0 aliphatic carbocycles. The van der Waals surface area contributed by atoms with E-state index in [2.05, 4.69) is 17.4 Å². The lowest BCUT2D eigenvalue weighted by Gasteiger charge is -2.19. The quantitative estimate of drug-likeness (QED) is 0.649. The van der Waals surface area contributed by atoms with Crippen LogP contribution in [0, 0.1) is 0 Å². The number of benzene rings is 2. The normalized spacial score (nSPS) is 13.7. The van der Waals surface area contributed by atoms with E-state index in [9.17, 15) is 5.11 Å². The van der Waals surface area contributed by atoms with Gasteiger partial charge in [-0.2, -0.15) is 0 Å². The van der Waals surface area contributed by atoms with Crippen LogP contribution in [-0.4, -0.2) is 24.9 Å². The lowest BCUT2D eigenvalue weighted by Crippen LogP contribution is -2.23. The van der Waals surface area contributed by atoms with E-state index in [1.165, 1.54) is 5.56 Å². The van der Waals surface area contributed by atoms with Crippen molar-refractivity contribution in [1.29, 1.82) is 0 Å². The summed E-state index contributed by atoms with van der Waals surface area (Å²) in [6.45, 7) is 3.28. The van der Waals surface area contributed by atoms with Gasteiger partial charge in [0.15, 0.2) is 0 Å². The molecule has 0 aliphatic heterocycles. The highest BCUT2D eigenvalue weighted by atomic mass is 16.5.